The van der Waals surface area contributed by atoms with Gasteiger partial charge in [-0.3, -0.25) is 14.5 Å². The lowest BCUT2D eigenvalue weighted by atomic mass is 9.98. The maximum atomic E-state index is 12.5. The summed E-state index contributed by atoms with van der Waals surface area (Å²) in [6.45, 7) is 8.24. The highest BCUT2D eigenvalue weighted by Crippen LogP contribution is 2.41. The Morgan fingerprint density at radius 3 is 2.71 bits per heavy atom. The first kappa shape index (κ1) is 17.5. The second kappa shape index (κ2) is 7.68. The van der Waals surface area contributed by atoms with Crippen molar-refractivity contribution in [2.45, 2.75) is 52.0 Å². The lowest BCUT2D eigenvalue weighted by molar-refractivity contribution is -0.138. The molecule has 0 unspecified atom stereocenters. The Morgan fingerprint density at radius 2 is 2.04 bits per heavy atom. The van der Waals surface area contributed by atoms with Crippen LogP contribution in [0.5, 0.6) is 0 Å². The van der Waals surface area contributed by atoms with Crippen LogP contribution in [0.25, 0.3) is 0 Å². The summed E-state index contributed by atoms with van der Waals surface area (Å²) in [6, 6.07) is 0.245. The number of likely N-dealkylation sites (tertiary alicyclic amines) is 2. The third kappa shape index (κ3) is 4.38. The highest BCUT2D eigenvalue weighted by Gasteiger charge is 2.43. The van der Waals surface area contributed by atoms with Gasteiger partial charge in [0.25, 0.3) is 0 Å². The Morgan fingerprint density at radius 1 is 1.25 bits per heavy atom. The maximum absolute atomic E-state index is 12.5. The van der Waals surface area contributed by atoms with Gasteiger partial charge in [0, 0.05) is 38.6 Å². The molecular formula is C19H31N3O2. The van der Waals surface area contributed by atoms with Crippen molar-refractivity contribution in [1.29, 1.82) is 0 Å². The molecule has 1 aliphatic carbocycles. The number of rotatable bonds is 6. The van der Waals surface area contributed by atoms with E-state index >= 15 is 0 Å². The smallest absolute Gasteiger partial charge is 0.239 e. The molecule has 1 N–H and O–H groups in total. The molecule has 134 valence electrons. The van der Waals surface area contributed by atoms with E-state index in [1.807, 2.05) is 0 Å². The molecular weight excluding hydrogens is 302 g/mol. The zero-order valence-corrected chi connectivity index (χ0v) is 15.1. The van der Waals surface area contributed by atoms with Crippen LogP contribution in [0.2, 0.25) is 0 Å². The van der Waals surface area contributed by atoms with E-state index in [1.54, 1.807) is 4.90 Å². The molecule has 2 atom stereocenters. The summed E-state index contributed by atoms with van der Waals surface area (Å²) in [5, 5.41) is 3.25. The first-order valence-corrected chi connectivity index (χ1v) is 9.48. The van der Waals surface area contributed by atoms with Gasteiger partial charge in [0.1, 0.15) is 0 Å². The van der Waals surface area contributed by atoms with Gasteiger partial charge in [0.2, 0.25) is 11.8 Å². The first-order chi connectivity index (χ1) is 11.6. The molecule has 2 saturated heterocycles. The molecule has 2 heterocycles. The number of piperidine rings is 1. The zero-order chi connectivity index (χ0) is 17.1. The molecule has 0 aromatic rings. The Labute approximate surface area is 145 Å². The van der Waals surface area contributed by atoms with Gasteiger partial charge in [-0.05, 0) is 51.4 Å². The molecule has 2 aliphatic heterocycles. The second-order valence-corrected chi connectivity index (χ2v) is 7.78. The van der Waals surface area contributed by atoms with Crippen LogP contribution in [0.1, 0.15) is 46.0 Å². The van der Waals surface area contributed by atoms with E-state index in [-0.39, 0.29) is 24.4 Å². The molecule has 0 radical (unpaired) electrons. The molecule has 3 rings (SSSR count). The third-order valence-corrected chi connectivity index (χ3v) is 5.74. The number of carbonyl (C=O) groups excluding carboxylic acids is 2. The fourth-order valence-corrected chi connectivity index (χ4v) is 4.10. The predicted octanol–water partition coefficient (Wildman–Crippen LogP) is 1.79. The van der Waals surface area contributed by atoms with Crippen LogP contribution in [-0.4, -0.2) is 60.4 Å². The van der Waals surface area contributed by atoms with Gasteiger partial charge in [-0.1, -0.05) is 11.6 Å². The number of nitrogens with one attached hydrogen (secondary N) is 1. The number of nitrogens with zero attached hydrogens (tertiary/aromatic N) is 2. The standard InChI is InChI=1S/C19H31N3O2/c1-3-14(2)10-21-11-16(15-7-8-15)17(12-21)20-18(23)13-22-9-5-4-6-19(22)24/h3,15-17H,4-13H2,1-2H3,(H,20,23)/t16-,17+/m1/s1. The minimum atomic E-state index is 0.0190. The Bertz CT molecular complexity index is 513. The monoisotopic (exact) mass is 333 g/mol. The number of carbonyl (C=O) groups is 2. The highest BCUT2D eigenvalue weighted by molar-refractivity contribution is 5.85. The van der Waals surface area contributed by atoms with E-state index in [4.69, 9.17) is 0 Å². The van der Waals surface area contributed by atoms with Crippen molar-refractivity contribution in [3.8, 4) is 0 Å². The van der Waals surface area contributed by atoms with Gasteiger partial charge in [-0.2, -0.15) is 0 Å². The largest absolute Gasteiger partial charge is 0.350 e. The number of amides is 2. The summed E-state index contributed by atoms with van der Waals surface area (Å²) in [5.74, 6) is 1.51. The van der Waals surface area contributed by atoms with Gasteiger partial charge < -0.3 is 10.2 Å². The summed E-state index contributed by atoms with van der Waals surface area (Å²) in [5.41, 5.74) is 1.38. The zero-order valence-electron chi connectivity index (χ0n) is 15.1. The van der Waals surface area contributed by atoms with Crippen LogP contribution in [0.4, 0.5) is 0 Å². The molecule has 3 aliphatic rings. The fraction of sp³-hybridized carbons (Fsp3) is 0.789. The third-order valence-electron chi connectivity index (χ3n) is 5.74. The Balaban J connectivity index is 1.53. The van der Waals surface area contributed by atoms with Gasteiger partial charge in [0.15, 0.2) is 0 Å². The van der Waals surface area contributed by atoms with Crippen molar-refractivity contribution < 1.29 is 9.59 Å². The molecule has 3 fully saturated rings. The van der Waals surface area contributed by atoms with Crippen LogP contribution in [0.15, 0.2) is 11.6 Å². The summed E-state index contributed by atoms with van der Waals surface area (Å²) in [6.07, 6.45) is 7.35. The first-order valence-electron chi connectivity index (χ1n) is 9.48. The van der Waals surface area contributed by atoms with E-state index in [9.17, 15) is 9.59 Å². The van der Waals surface area contributed by atoms with Crippen molar-refractivity contribution in [1.82, 2.24) is 15.1 Å². The molecule has 0 spiro atoms. The topological polar surface area (TPSA) is 52.7 Å². The molecule has 0 aromatic heterocycles. The number of hydrogen-bond acceptors (Lipinski definition) is 3. The van der Waals surface area contributed by atoms with E-state index in [1.165, 1.54) is 18.4 Å². The van der Waals surface area contributed by atoms with E-state index in [2.05, 4.69) is 30.1 Å². The van der Waals surface area contributed by atoms with Crippen molar-refractivity contribution in [2.24, 2.45) is 11.8 Å². The predicted molar refractivity (Wildman–Crippen MR) is 94.4 cm³/mol. The molecule has 0 aromatic carbocycles. The van der Waals surface area contributed by atoms with E-state index < -0.39 is 0 Å². The maximum Gasteiger partial charge on any atom is 0.239 e. The van der Waals surface area contributed by atoms with Gasteiger partial charge in [0.05, 0.1) is 6.54 Å². The summed E-state index contributed by atoms with van der Waals surface area (Å²) in [7, 11) is 0. The molecule has 5 heteroatoms. The van der Waals surface area contributed by atoms with Crippen molar-refractivity contribution in [3.63, 3.8) is 0 Å². The average molecular weight is 333 g/mol. The molecule has 0 bridgehead atoms. The number of allylic oxidation sites excluding steroid dienone is 1. The molecule has 24 heavy (non-hydrogen) atoms. The Kier molecular flexibility index (Phi) is 5.59. The second-order valence-electron chi connectivity index (χ2n) is 7.78. The highest BCUT2D eigenvalue weighted by atomic mass is 16.2. The van der Waals surface area contributed by atoms with Crippen LogP contribution in [0, 0.1) is 11.8 Å². The van der Waals surface area contributed by atoms with Crippen LogP contribution in [-0.2, 0) is 9.59 Å². The molecule has 1 saturated carbocycles. The average Bonchev–Trinajstić information content (AvgIpc) is 3.32. The minimum absolute atomic E-state index is 0.0190. The van der Waals surface area contributed by atoms with Crippen LogP contribution >= 0.6 is 0 Å². The molecule has 2 amide bonds. The molecule has 5 nitrogen and oxygen atoms in total. The van der Waals surface area contributed by atoms with Crippen LogP contribution in [0.3, 0.4) is 0 Å². The van der Waals surface area contributed by atoms with E-state index in [0.29, 0.717) is 12.3 Å². The minimum Gasteiger partial charge on any atom is -0.350 e. The fourth-order valence-electron chi connectivity index (χ4n) is 4.10. The normalized spacial score (nSPS) is 29.2. The van der Waals surface area contributed by atoms with Crippen molar-refractivity contribution >= 4 is 11.8 Å². The van der Waals surface area contributed by atoms with Gasteiger partial charge in [-0.25, -0.2) is 0 Å². The quantitative estimate of drug-likeness (QED) is 0.754. The summed E-state index contributed by atoms with van der Waals surface area (Å²) in [4.78, 5) is 28.5. The summed E-state index contributed by atoms with van der Waals surface area (Å²) < 4.78 is 0. The van der Waals surface area contributed by atoms with Crippen LogP contribution < -0.4 is 5.32 Å². The number of hydrogen-bond donors (Lipinski definition) is 1. The van der Waals surface area contributed by atoms with Crippen molar-refractivity contribution in [2.75, 3.05) is 32.7 Å². The van der Waals surface area contributed by atoms with E-state index in [0.717, 1.165) is 44.9 Å². The van der Waals surface area contributed by atoms with Gasteiger partial charge >= 0.3 is 0 Å². The SMILES string of the molecule is CC=C(C)CN1C[C@H](NC(=O)CN2CCCCC2=O)[C@@H](C2CC2)C1. The lowest BCUT2D eigenvalue weighted by Gasteiger charge is -2.27. The lowest BCUT2D eigenvalue weighted by Crippen LogP contribution is -2.48. The Hall–Kier alpha value is -1.36. The van der Waals surface area contributed by atoms with Gasteiger partial charge in [-0.15, -0.1) is 0 Å². The summed E-state index contributed by atoms with van der Waals surface area (Å²) >= 11 is 0. The van der Waals surface area contributed by atoms with Crippen molar-refractivity contribution in [3.05, 3.63) is 11.6 Å².